The number of nitrogens with one attached hydrogen (secondary N) is 3. The van der Waals surface area contributed by atoms with Gasteiger partial charge in [0, 0.05) is 6.42 Å². The molecule has 0 saturated heterocycles. The molecule has 0 saturated carbocycles. The first-order valence-corrected chi connectivity index (χ1v) is 12.1. The predicted octanol–water partition coefficient (Wildman–Crippen LogP) is 0.368. The minimum Gasteiger partial charge on any atom is -0.508 e. The number of nitrogens with two attached hydrogens (primary N) is 1. The number of phenolic OH excluding ortho intramolecular Hbond substituents is 1. The van der Waals surface area contributed by atoms with E-state index in [1.807, 2.05) is 13.8 Å². The third-order valence-electron chi connectivity index (χ3n) is 5.58. The number of carboxylic acid groups (broad SMARTS) is 2. The zero-order valence-corrected chi connectivity index (χ0v) is 21.6. The third-order valence-corrected chi connectivity index (χ3v) is 5.58. The summed E-state index contributed by atoms with van der Waals surface area (Å²) in [7, 11) is 0. The molecule has 0 radical (unpaired) electrons. The van der Waals surface area contributed by atoms with E-state index in [9.17, 15) is 34.2 Å². The average Bonchev–Trinajstić information content (AvgIpc) is 2.79. The molecule has 0 fully saturated rings. The zero-order valence-electron chi connectivity index (χ0n) is 21.6. The van der Waals surface area contributed by atoms with Crippen molar-refractivity contribution in [2.24, 2.45) is 17.6 Å². The van der Waals surface area contributed by atoms with E-state index in [-0.39, 0.29) is 30.9 Å². The molecule has 0 heterocycles. The molecule has 1 rings (SSSR count). The minimum absolute atomic E-state index is 0.00473. The fourth-order valence-corrected chi connectivity index (χ4v) is 3.54. The van der Waals surface area contributed by atoms with Crippen molar-refractivity contribution in [2.45, 2.75) is 77.5 Å². The maximum atomic E-state index is 13.0. The summed E-state index contributed by atoms with van der Waals surface area (Å²) in [5.41, 5.74) is 6.63. The lowest BCUT2D eigenvalue weighted by Crippen LogP contribution is -2.58. The SMILES string of the molecule is CC(C)CC(NC(=O)C(NC(=O)C(CCC(=O)O)NC(=O)C(N)Cc1ccc(O)cc1)C(C)C)C(=O)O. The van der Waals surface area contributed by atoms with Gasteiger partial charge in [0.05, 0.1) is 6.04 Å². The Balaban J connectivity index is 2.97. The quantitative estimate of drug-likeness (QED) is 0.169. The number of benzene rings is 1. The second-order valence-electron chi connectivity index (χ2n) is 9.73. The van der Waals surface area contributed by atoms with E-state index >= 15 is 0 Å². The molecule has 1 aromatic carbocycles. The molecule has 8 N–H and O–H groups in total. The van der Waals surface area contributed by atoms with E-state index in [2.05, 4.69) is 16.0 Å². The summed E-state index contributed by atoms with van der Waals surface area (Å²) in [6, 6.07) is 1.42. The van der Waals surface area contributed by atoms with Gasteiger partial charge in [-0.05, 0) is 48.8 Å². The Morgan fingerprint density at radius 3 is 1.89 bits per heavy atom. The maximum Gasteiger partial charge on any atom is 0.326 e. The van der Waals surface area contributed by atoms with Crippen LogP contribution in [0.2, 0.25) is 0 Å². The second kappa shape index (κ2) is 14.8. The first kappa shape index (κ1) is 31.4. The molecule has 3 amide bonds. The van der Waals surface area contributed by atoms with Gasteiger partial charge in [-0.1, -0.05) is 39.8 Å². The molecule has 0 bridgehead atoms. The van der Waals surface area contributed by atoms with Crippen molar-refractivity contribution in [1.82, 2.24) is 16.0 Å². The Morgan fingerprint density at radius 2 is 1.41 bits per heavy atom. The van der Waals surface area contributed by atoms with E-state index < -0.39 is 66.2 Å². The van der Waals surface area contributed by atoms with E-state index in [0.29, 0.717) is 5.56 Å². The minimum atomic E-state index is -1.30. The van der Waals surface area contributed by atoms with Crippen LogP contribution >= 0.6 is 0 Å². The molecular formula is C25H38N4O8. The number of carbonyl (C=O) groups is 5. The van der Waals surface area contributed by atoms with Crippen LogP contribution < -0.4 is 21.7 Å². The van der Waals surface area contributed by atoms with Crippen molar-refractivity contribution in [2.75, 3.05) is 0 Å². The van der Waals surface area contributed by atoms with Gasteiger partial charge in [-0.25, -0.2) is 4.79 Å². The van der Waals surface area contributed by atoms with Crippen molar-refractivity contribution in [3.63, 3.8) is 0 Å². The third kappa shape index (κ3) is 11.3. The summed E-state index contributed by atoms with van der Waals surface area (Å²) >= 11 is 0. The summed E-state index contributed by atoms with van der Waals surface area (Å²) in [4.78, 5) is 61.3. The van der Waals surface area contributed by atoms with Gasteiger partial charge in [0.1, 0.15) is 23.9 Å². The van der Waals surface area contributed by atoms with Gasteiger partial charge in [0.15, 0.2) is 0 Å². The molecule has 1 aromatic rings. The number of aromatic hydroxyl groups is 1. The molecule has 12 nitrogen and oxygen atoms in total. The number of hydrogen-bond acceptors (Lipinski definition) is 7. The van der Waals surface area contributed by atoms with Gasteiger partial charge in [-0.2, -0.15) is 0 Å². The molecule has 0 aliphatic heterocycles. The number of hydrogen-bond donors (Lipinski definition) is 7. The number of carbonyl (C=O) groups excluding carboxylic acids is 3. The van der Waals surface area contributed by atoms with E-state index in [4.69, 9.17) is 10.8 Å². The molecular weight excluding hydrogens is 484 g/mol. The molecule has 0 aliphatic rings. The monoisotopic (exact) mass is 522 g/mol. The predicted molar refractivity (Wildman–Crippen MR) is 134 cm³/mol. The topological polar surface area (TPSA) is 208 Å². The van der Waals surface area contributed by atoms with Gasteiger partial charge < -0.3 is 37.0 Å². The summed E-state index contributed by atoms with van der Waals surface area (Å²) in [6.07, 6.45) is -0.394. The summed E-state index contributed by atoms with van der Waals surface area (Å²) in [5, 5.41) is 35.3. The van der Waals surface area contributed by atoms with Crippen LogP contribution in [-0.4, -0.2) is 69.1 Å². The van der Waals surface area contributed by atoms with Crippen LogP contribution in [0.25, 0.3) is 0 Å². The highest BCUT2D eigenvalue weighted by molar-refractivity contribution is 5.94. The molecule has 37 heavy (non-hydrogen) atoms. The Morgan fingerprint density at radius 1 is 0.838 bits per heavy atom. The first-order chi connectivity index (χ1) is 17.2. The molecule has 0 spiro atoms. The number of carboxylic acids is 2. The van der Waals surface area contributed by atoms with Crippen molar-refractivity contribution < 1.29 is 39.3 Å². The largest absolute Gasteiger partial charge is 0.508 e. The van der Waals surface area contributed by atoms with Crippen LogP contribution in [-0.2, 0) is 30.4 Å². The smallest absolute Gasteiger partial charge is 0.326 e. The van der Waals surface area contributed by atoms with Crippen molar-refractivity contribution in [1.29, 1.82) is 0 Å². The van der Waals surface area contributed by atoms with Gasteiger partial charge in [0.2, 0.25) is 17.7 Å². The fourth-order valence-electron chi connectivity index (χ4n) is 3.54. The summed E-state index contributed by atoms with van der Waals surface area (Å²) in [5.74, 6) is -4.98. The molecule has 12 heteroatoms. The maximum absolute atomic E-state index is 13.0. The highest BCUT2D eigenvalue weighted by atomic mass is 16.4. The van der Waals surface area contributed by atoms with E-state index in [0.717, 1.165) is 0 Å². The Bertz CT molecular complexity index is 949. The Labute approximate surface area is 216 Å². The zero-order chi connectivity index (χ0) is 28.3. The van der Waals surface area contributed by atoms with Crippen LogP contribution in [0.1, 0.15) is 52.5 Å². The number of rotatable bonds is 15. The van der Waals surface area contributed by atoms with Gasteiger partial charge in [-0.3, -0.25) is 19.2 Å². The molecule has 206 valence electrons. The van der Waals surface area contributed by atoms with Crippen LogP contribution in [0.3, 0.4) is 0 Å². The highest BCUT2D eigenvalue weighted by Gasteiger charge is 2.32. The van der Waals surface area contributed by atoms with Crippen molar-refractivity contribution >= 4 is 29.7 Å². The average molecular weight is 523 g/mol. The lowest BCUT2D eigenvalue weighted by Gasteiger charge is -2.27. The molecule has 4 unspecified atom stereocenters. The molecule has 0 aliphatic carbocycles. The first-order valence-electron chi connectivity index (χ1n) is 12.1. The number of aliphatic carboxylic acids is 2. The lowest BCUT2D eigenvalue weighted by atomic mass is 9.99. The Hall–Kier alpha value is -3.67. The lowest BCUT2D eigenvalue weighted by molar-refractivity contribution is -0.143. The number of phenols is 1. The summed E-state index contributed by atoms with van der Waals surface area (Å²) in [6.45, 7) is 6.93. The van der Waals surface area contributed by atoms with E-state index in [1.54, 1.807) is 26.0 Å². The second-order valence-corrected chi connectivity index (χ2v) is 9.73. The van der Waals surface area contributed by atoms with Crippen molar-refractivity contribution in [3.8, 4) is 5.75 Å². The number of amides is 3. The van der Waals surface area contributed by atoms with Crippen LogP contribution in [0.5, 0.6) is 5.75 Å². The standard InChI is InChI=1S/C25H38N4O8/c1-13(2)11-19(25(36)37)28-24(35)21(14(3)4)29-23(34)18(9-10-20(31)32)27-22(33)17(26)12-15-5-7-16(30)8-6-15/h5-8,13-14,17-19,21,30H,9-12,26H2,1-4H3,(H,27,33)(H,28,35)(H,29,34)(H,31,32)(H,36,37). The molecule has 0 aromatic heterocycles. The van der Waals surface area contributed by atoms with Gasteiger partial charge in [0.25, 0.3) is 0 Å². The normalized spacial score (nSPS) is 14.4. The fraction of sp³-hybridized carbons (Fsp3) is 0.560. The van der Waals surface area contributed by atoms with Gasteiger partial charge in [-0.15, -0.1) is 0 Å². The van der Waals surface area contributed by atoms with Crippen LogP contribution in [0.15, 0.2) is 24.3 Å². The molecule has 4 atom stereocenters. The van der Waals surface area contributed by atoms with Crippen LogP contribution in [0, 0.1) is 11.8 Å². The van der Waals surface area contributed by atoms with Crippen LogP contribution in [0.4, 0.5) is 0 Å². The summed E-state index contributed by atoms with van der Waals surface area (Å²) < 4.78 is 0. The highest BCUT2D eigenvalue weighted by Crippen LogP contribution is 2.12. The van der Waals surface area contributed by atoms with Crippen molar-refractivity contribution in [3.05, 3.63) is 29.8 Å². The Kier molecular flexibility index (Phi) is 12.5. The van der Waals surface area contributed by atoms with Gasteiger partial charge >= 0.3 is 11.9 Å². The van der Waals surface area contributed by atoms with E-state index in [1.165, 1.54) is 12.1 Å².